The normalized spacial score (nSPS) is 11.8. The second-order valence-electron chi connectivity index (χ2n) is 4.46. The van der Waals surface area contributed by atoms with E-state index in [1.54, 1.807) is 0 Å². The zero-order chi connectivity index (χ0) is 13.7. The van der Waals surface area contributed by atoms with Crippen molar-refractivity contribution in [2.75, 3.05) is 14.1 Å². The molecule has 0 fully saturated rings. The number of hydrogen-bond acceptors (Lipinski definition) is 2. The summed E-state index contributed by atoms with van der Waals surface area (Å²) in [4.78, 5) is 2.39. The lowest BCUT2D eigenvalue weighted by Gasteiger charge is -2.27. The second-order valence-corrected chi connectivity index (χ2v) is 4.46. The van der Waals surface area contributed by atoms with Gasteiger partial charge in [-0.05, 0) is 41.3 Å². The highest BCUT2D eigenvalue weighted by atomic mass is 15.1. The lowest BCUT2D eigenvalue weighted by Crippen LogP contribution is -2.34. The monoisotopic (exact) mass is 232 g/mol. The van der Waals surface area contributed by atoms with Crippen LogP contribution in [-0.4, -0.2) is 37.1 Å². The molecule has 2 nitrogen and oxygen atoms in total. The molecule has 0 aromatic carbocycles. The molecule has 0 radical (unpaired) electrons. The molecule has 1 N–H and O–H groups in total. The Kier molecular flexibility index (Phi) is 19.8. The van der Waals surface area contributed by atoms with E-state index in [2.05, 4.69) is 58.8 Å². The van der Waals surface area contributed by atoms with Gasteiger partial charge >= 0.3 is 0 Å². The molecule has 0 aliphatic heterocycles. The van der Waals surface area contributed by atoms with Gasteiger partial charge in [0.25, 0.3) is 0 Å². The van der Waals surface area contributed by atoms with E-state index in [0.29, 0.717) is 12.1 Å². The zero-order valence-corrected chi connectivity index (χ0v) is 13.4. The van der Waals surface area contributed by atoms with Crippen LogP contribution in [0, 0.1) is 0 Å². The van der Waals surface area contributed by atoms with Crippen LogP contribution in [0.25, 0.3) is 0 Å². The fourth-order valence-electron chi connectivity index (χ4n) is 0.797. The highest BCUT2D eigenvalue weighted by molar-refractivity contribution is 4.63. The maximum absolute atomic E-state index is 3.03. The molecular weight excluding hydrogens is 196 g/mol. The van der Waals surface area contributed by atoms with E-state index in [1.165, 1.54) is 6.42 Å². The summed E-state index contributed by atoms with van der Waals surface area (Å²) in [5.41, 5.74) is 0. The lowest BCUT2D eigenvalue weighted by atomic mass is 10.2. The number of rotatable bonds is 4. The van der Waals surface area contributed by atoms with Gasteiger partial charge in [-0.1, -0.05) is 34.6 Å². The molecule has 0 heterocycles. The van der Waals surface area contributed by atoms with Gasteiger partial charge < -0.3 is 10.2 Å². The van der Waals surface area contributed by atoms with E-state index in [4.69, 9.17) is 0 Å². The van der Waals surface area contributed by atoms with Crippen molar-refractivity contribution in [3.8, 4) is 0 Å². The SMILES string of the molecule is CC.CCC(C)N(C)C(C)C.CNC(C)C. The first-order chi connectivity index (χ1) is 7.36. The summed E-state index contributed by atoms with van der Waals surface area (Å²) >= 11 is 0. The fourth-order valence-corrected chi connectivity index (χ4v) is 0.797. The van der Waals surface area contributed by atoms with Gasteiger partial charge in [-0.2, -0.15) is 0 Å². The molecule has 0 bridgehead atoms. The van der Waals surface area contributed by atoms with Crippen LogP contribution in [0.2, 0.25) is 0 Å². The summed E-state index contributed by atoms with van der Waals surface area (Å²) in [5.74, 6) is 0. The Hall–Kier alpha value is -0.0800. The Morgan fingerprint density at radius 3 is 1.38 bits per heavy atom. The molecule has 0 saturated heterocycles. The maximum atomic E-state index is 3.03. The molecule has 0 aliphatic rings. The van der Waals surface area contributed by atoms with E-state index >= 15 is 0 Å². The van der Waals surface area contributed by atoms with E-state index in [-0.39, 0.29) is 0 Å². The number of nitrogens with one attached hydrogen (secondary N) is 1. The average Bonchev–Trinajstić information content (AvgIpc) is 2.30. The molecule has 0 saturated carbocycles. The van der Waals surface area contributed by atoms with Crippen molar-refractivity contribution in [1.82, 2.24) is 10.2 Å². The molecule has 1 atom stereocenters. The Morgan fingerprint density at radius 2 is 1.31 bits per heavy atom. The summed E-state index contributed by atoms with van der Waals surface area (Å²) in [6.07, 6.45) is 1.24. The van der Waals surface area contributed by atoms with Crippen molar-refractivity contribution in [2.45, 2.75) is 79.9 Å². The van der Waals surface area contributed by atoms with E-state index in [9.17, 15) is 0 Å². The molecule has 1 unspecified atom stereocenters. The van der Waals surface area contributed by atoms with Gasteiger partial charge in [0, 0.05) is 18.1 Å². The molecule has 16 heavy (non-hydrogen) atoms. The van der Waals surface area contributed by atoms with Gasteiger partial charge in [-0.3, -0.25) is 0 Å². The number of hydrogen-bond donors (Lipinski definition) is 1. The van der Waals surface area contributed by atoms with E-state index in [0.717, 1.165) is 6.04 Å². The highest BCUT2D eigenvalue weighted by Gasteiger charge is 2.08. The zero-order valence-electron chi connectivity index (χ0n) is 13.4. The minimum absolute atomic E-state index is 0.634. The van der Waals surface area contributed by atoms with Gasteiger partial charge in [0.2, 0.25) is 0 Å². The second kappa shape index (κ2) is 14.9. The highest BCUT2D eigenvalue weighted by Crippen LogP contribution is 2.03. The first kappa shape index (κ1) is 21.2. The fraction of sp³-hybridized carbons (Fsp3) is 1.00. The summed E-state index contributed by atoms with van der Waals surface area (Å²) < 4.78 is 0. The van der Waals surface area contributed by atoms with Crippen LogP contribution in [0.1, 0.15) is 61.8 Å². The van der Waals surface area contributed by atoms with Gasteiger partial charge in [-0.15, -0.1) is 0 Å². The Bertz CT molecular complexity index is 111. The van der Waals surface area contributed by atoms with Gasteiger partial charge in [-0.25, -0.2) is 0 Å². The largest absolute Gasteiger partial charge is 0.318 e. The Labute approximate surface area is 105 Å². The summed E-state index contributed by atoms with van der Waals surface area (Å²) in [5, 5.41) is 3.03. The first-order valence-corrected chi connectivity index (χ1v) is 6.75. The summed E-state index contributed by atoms with van der Waals surface area (Å²) in [6, 6.07) is 2.04. The minimum Gasteiger partial charge on any atom is -0.318 e. The number of nitrogens with zero attached hydrogens (tertiary/aromatic N) is 1. The van der Waals surface area contributed by atoms with Crippen molar-refractivity contribution < 1.29 is 0 Å². The summed E-state index contributed by atoms with van der Waals surface area (Å²) in [6.45, 7) is 17.2. The standard InChI is InChI=1S/C8H19N.C4H11N.C2H6/c1-6-8(4)9(5)7(2)3;1-4(2)5-3;1-2/h7-8H,6H2,1-5H3;4-5H,1-3H3;1-2H3. The molecule has 0 aromatic rings. The van der Waals surface area contributed by atoms with Crippen molar-refractivity contribution in [1.29, 1.82) is 0 Å². The third-order valence-corrected chi connectivity index (χ3v) is 2.68. The first-order valence-electron chi connectivity index (χ1n) is 6.75. The van der Waals surface area contributed by atoms with Crippen molar-refractivity contribution in [3.05, 3.63) is 0 Å². The topological polar surface area (TPSA) is 15.3 Å². The van der Waals surface area contributed by atoms with Crippen molar-refractivity contribution in [3.63, 3.8) is 0 Å². The predicted molar refractivity (Wildman–Crippen MR) is 78.2 cm³/mol. The molecule has 0 aliphatic carbocycles. The van der Waals surface area contributed by atoms with Crippen LogP contribution in [0.15, 0.2) is 0 Å². The van der Waals surface area contributed by atoms with Gasteiger partial charge in [0.1, 0.15) is 0 Å². The maximum Gasteiger partial charge on any atom is 0.00639 e. The molecule has 2 heteroatoms. The molecule has 0 aromatic heterocycles. The van der Waals surface area contributed by atoms with E-state index in [1.807, 2.05) is 20.9 Å². The Morgan fingerprint density at radius 1 is 1.00 bits per heavy atom. The van der Waals surface area contributed by atoms with E-state index < -0.39 is 0 Å². The quantitative estimate of drug-likeness (QED) is 0.794. The van der Waals surface area contributed by atoms with Crippen molar-refractivity contribution in [2.24, 2.45) is 0 Å². The Balaban J connectivity index is -0.000000205. The molecule has 102 valence electrons. The van der Waals surface area contributed by atoms with Crippen LogP contribution in [0.5, 0.6) is 0 Å². The minimum atomic E-state index is 0.634. The smallest absolute Gasteiger partial charge is 0.00639 e. The van der Waals surface area contributed by atoms with Crippen molar-refractivity contribution >= 4 is 0 Å². The molecule has 0 amide bonds. The average molecular weight is 232 g/mol. The predicted octanol–water partition coefficient (Wildman–Crippen LogP) is 3.77. The van der Waals surface area contributed by atoms with Gasteiger partial charge in [0.05, 0.1) is 0 Å². The van der Waals surface area contributed by atoms with Crippen LogP contribution in [-0.2, 0) is 0 Å². The molecular formula is C14H36N2. The molecule has 0 rings (SSSR count). The third-order valence-electron chi connectivity index (χ3n) is 2.68. The van der Waals surface area contributed by atoms with Crippen LogP contribution in [0.3, 0.4) is 0 Å². The van der Waals surface area contributed by atoms with Crippen LogP contribution >= 0.6 is 0 Å². The third kappa shape index (κ3) is 16.4. The lowest BCUT2D eigenvalue weighted by molar-refractivity contribution is 0.204. The van der Waals surface area contributed by atoms with Crippen LogP contribution in [0.4, 0.5) is 0 Å². The van der Waals surface area contributed by atoms with Gasteiger partial charge in [0.15, 0.2) is 0 Å². The molecule has 0 spiro atoms. The summed E-state index contributed by atoms with van der Waals surface area (Å²) in [7, 11) is 4.13. The van der Waals surface area contributed by atoms with Crippen LogP contribution < -0.4 is 5.32 Å².